The van der Waals surface area contributed by atoms with E-state index >= 15 is 0 Å². The Morgan fingerprint density at radius 2 is 1.77 bits per heavy atom. The second-order valence-corrected chi connectivity index (χ2v) is 7.52. The number of carbonyl (C=O) groups is 3. The SMILES string of the molecule is COC(=O)C(CNC(=O)c1ccc2c(Br)cccc2c1)NC(=O)OCc1ccccc1. The first kappa shape index (κ1) is 22.3. The van der Waals surface area contributed by atoms with Gasteiger partial charge in [-0.05, 0) is 34.5 Å². The third-order valence-corrected chi connectivity index (χ3v) is 5.24. The summed E-state index contributed by atoms with van der Waals surface area (Å²) in [5.74, 6) is -1.07. The Balaban J connectivity index is 1.59. The molecule has 0 aromatic heterocycles. The van der Waals surface area contributed by atoms with E-state index in [0.717, 1.165) is 20.8 Å². The maximum Gasteiger partial charge on any atom is 0.408 e. The Hall–Kier alpha value is -3.39. The highest BCUT2D eigenvalue weighted by molar-refractivity contribution is 9.10. The quantitative estimate of drug-likeness (QED) is 0.497. The summed E-state index contributed by atoms with van der Waals surface area (Å²) in [6.45, 7) is -0.0952. The van der Waals surface area contributed by atoms with E-state index in [2.05, 4.69) is 26.6 Å². The first-order valence-corrected chi connectivity index (χ1v) is 10.3. The van der Waals surface area contributed by atoms with Gasteiger partial charge in [0, 0.05) is 16.6 Å². The zero-order chi connectivity index (χ0) is 22.2. The standard InChI is InChI=1S/C23H21BrN2O5/c1-30-22(28)20(26-23(29)31-14-15-6-3-2-4-7-15)13-25-21(27)17-10-11-18-16(12-17)8-5-9-19(18)24/h2-12,20H,13-14H2,1H3,(H,25,27)(H,26,29). The second kappa shape index (κ2) is 10.6. The molecule has 160 valence electrons. The molecule has 3 aromatic carbocycles. The molecule has 31 heavy (non-hydrogen) atoms. The summed E-state index contributed by atoms with van der Waals surface area (Å²) < 4.78 is 10.8. The van der Waals surface area contributed by atoms with E-state index in [9.17, 15) is 14.4 Å². The number of ether oxygens (including phenoxy) is 2. The van der Waals surface area contributed by atoms with E-state index in [1.807, 2.05) is 54.6 Å². The van der Waals surface area contributed by atoms with Crippen LogP contribution in [0.25, 0.3) is 10.8 Å². The van der Waals surface area contributed by atoms with Crippen molar-refractivity contribution in [2.24, 2.45) is 0 Å². The van der Waals surface area contributed by atoms with Crippen molar-refractivity contribution in [2.75, 3.05) is 13.7 Å². The number of hydrogen-bond acceptors (Lipinski definition) is 5. The van der Waals surface area contributed by atoms with E-state index in [1.165, 1.54) is 7.11 Å². The fraction of sp³-hybridized carbons (Fsp3) is 0.174. The normalized spacial score (nSPS) is 11.4. The molecule has 0 saturated carbocycles. The summed E-state index contributed by atoms with van der Waals surface area (Å²) in [5.41, 5.74) is 1.24. The molecule has 1 unspecified atom stereocenters. The predicted octanol–water partition coefficient (Wildman–Crippen LogP) is 3.80. The van der Waals surface area contributed by atoms with Gasteiger partial charge in [-0.2, -0.15) is 0 Å². The van der Waals surface area contributed by atoms with Crippen molar-refractivity contribution in [3.63, 3.8) is 0 Å². The maximum atomic E-state index is 12.6. The van der Waals surface area contributed by atoms with E-state index in [0.29, 0.717) is 5.56 Å². The van der Waals surface area contributed by atoms with Crippen LogP contribution in [0.5, 0.6) is 0 Å². The van der Waals surface area contributed by atoms with Crippen LogP contribution in [0.4, 0.5) is 4.79 Å². The molecule has 0 aliphatic heterocycles. The number of nitrogens with one attached hydrogen (secondary N) is 2. The van der Waals surface area contributed by atoms with Gasteiger partial charge in [-0.3, -0.25) is 4.79 Å². The second-order valence-electron chi connectivity index (χ2n) is 6.67. The smallest absolute Gasteiger partial charge is 0.408 e. The van der Waals surface area contributed by atoms with E-state index < -0.39 is 18.1 Å². The van der Waals surface area contributed by atoms with Crippen LogP contribution in [0.2, 0.25) is 0 Å². The van der Waals surface area contributed by atoms with Gasteiger partial charge < -0.3 is 20.1 Å². The summed E-state index contributed by atoms with van der Waals surface area (Å²) in [7, 11) is 1.20. The Bertz CT molecular complexity index is 1090. The molecule has 2 amide bonds. The zero-order valence-electron chi connectivity index (χ0n) is 16.8. The van der Waals surface area contributed by atoms with Gasteiger partial charge >= 0.3 is 12.1 Å². The van der Waals surface area contributed by atoms with Crippen molar-refractivity contribution in [3.8, 4) is 0 Å². The van der Waals surface area contributed by atoms with Gasteiger partial charge in [0.05, 0.1) is 7.11 Å². The molecule has 3 rings (SSSR count). The zero-order valence-corrected chi connectivity index (χ0v) is 18.3. The molecular weight excluding hydrogens is 464 g/mol. The minimum atomic E-state index is -1.09. The maximum absolute atomic E-state index is 12.6. The number of alkyl carbamates (subject to hydrolysis) is 1. The molecule has 0 saturated heterocycles. The fourth-order valence-corrected chi connectivity index (χ4v) is 3.44. The molecule has 0 aliphatic rings. The molecule has 0 bridgehead atoms. The number of benzene rings is 3. The molecular formula is C23H21BrN2O5. The number of esters is 1. The van der Waals surface area contributed by atoms with Crippen LogP contribution in [-0.2, 0) is 20.9 Å². The number of rotatable bonds is 7. The topological polar surface area (TPSA) is 93.7 Å². The summed E-state index contributed by atoms with van der Waals surface area (Å²) in [4.78, 5) is 36.7. The molecule has 3 aromatic rings. The van der Waals surface area contributed by atoms with Crippen molar-refractivity contribution in [3.05, 3.63) is 82.3 Å². The van der Waals surface area contributed by atoms with Gasteiger partial charge in [0.25, 0.3) is 5.91 Å². The van der Waals surface area contributed by atoms with Gasteiger partial charge in [-0.1, -0.05) is 64.5 Å². The van der Waals surface area contributed by atoms with Crippen LogP contribution < -0.4 is 10.6 Å². The molecule has 0 fully saturated rings. The van der Waals surface area contributed by atoms with Crippen molar-refractivity contribution in [1.29, 1.82) is 0 Å². The van der Waals surface area contributed by atoms with E-state index in [4.69, 9.17) is 9.47 Å². The highest BCUT2D eigenvalue weighted by atomic mass is 79.9. The molecule has 8 heteroatoms. The molecule has 0 heterocycles. The average Bonchev–Trinajstić information content (AvgIpc) is 2.80. The van der Waals surface area contributed by atoms with Crippen LogP contribution in [-0.4, -0.2) is 37.7 Å². The van der Waals surface area contributed by atoms with Gasteiger partial charge in [-0.25, -0.2) is 9.59 Å². The highest BCUT2D eigenvalue weighted by Crippen LogP contribution is 2.24. The fourth-order valence-electron chi connectivity index (χ4n) is 2.92. The molecule has 0 radical (unpaired) electrons. The largest absolute Gasteiger partial charge is 0.467 e. The number of fused-ring (bicyclic) bond motifs is 1. The van der Waals surface area contributed by atoms with Crippen molar-refractivity contribution >= 4 is 44.7 Å². The summed E-state index contributed by atoms with van der Waals surface area (Å²) in [6.07, 6.45) is -0.788. The lowest BCUT2D eigenvalue weighted by Gasteiger charge is -2.17. The monoisotopic (exact) mass is 484 g/mol. The Morgan fingerprint density at radius 3 is 2.52 bits per heavy atom. The lowest BCUT2D eigenvalue weighted by molar-refractivity contribution is -0.142. The van der Waals surface area contributed by atoms with Crippen molar-refractivity contribution < 1.29 is 23.9 Å². The summed E-state index contributed by atoms with van der Waals surface area (Å²) in [5, 5.41) is 6.95. The number of amides is 2. The van der Waals surface area contributed by atoms with Gasteiger partial charge in [0.15, 0.2) is 0 Å². The summed E-state index contributed by atoms with van der Waals surface area (Å²) >= 11 is 3.48. The minimum absolute atomic E-state index is 0.0551. The molecule has 0 spiro atoms. The molecule has 1 atom stereocenters. The predicted molar refractivity (Wildman–Crippen MR) is 120 cm³/mol. The average molecular weight is 485 g/mol. The van der Waals surface area contributed by atoms with Gasteiger partial charge in [0.1, 0.15) is 12.6 Å². The Labute approximate surface area is 187 Å². The van der Waals surface area contributed by atoms with E-state index in [-0.39, 0.29) is 19.1 Å². The van der Waals surface area contributed by atoms with Crippen LogP contribution in [0, 0.1) is 0 Å². The first-order chi connectivity index (χ1) is 15.0. The number of methoxy groups -OCH3 is 1. The number of carbonyl (C=O) groups excluding carboxylic acids is 3. The van der Waals surface area contributed by atoms with Crippen molar-refractivity contribution in [1.82, 2.24) is 10.6 Å². The molecule has 2 N–H and O–H groups in total. The Morgan fingerprint density at radius 1 is 1.00 bits per heavy atom. The van der Waals surface area contributed by atoms with Crippen LogP contribution >= 0.6 is 15.9 Å². The van der Waals surface area contributed by atoms with Gasteiger partial charge in [-0.15, -0.1) is 0 Å². The lowest BCUT2D eigenvalue weighted by Crippen LogP contribution is -2.49. The van der Waals surface area contributed by atoms with Crippen LogP contribution in [0.15, 0.2) is 71.2 Å². The minimum Gasteiger partial charge on any atom is -0.467 e. The van der Waals surface area contributed by atoms with Crippen molar-refractivity contribution in [2.45, 2.75) is 12.6 Å². The lowest BCUT2D eigenvalue weighted by atomic mass is 10.1. The first-order valence-electron chi connectivity index (χ1n) is 9.49. The summed E-state index contributed by atoms with van der Waals surface area (Å²) in [6, 6.07) is 19.0. The number of halogens is 1. The number of hydrogen-bond donors (Lipinski definition) is 2. The Kier molecular flexibility index (Phi) is 7.61. The van der Waals surface area contributed by atoms with E-state index in [1.54, 1.807) is 12.1 Å². The third kappa shape index (κ3) is 6.05. The molecule has 7 nitrogen and oxygen atoms in total. The van der Waals surface area contributed by atoms with Gasteiger partial charge in [0.2, 0.25) is 0 Å². The van der Waals surface area contributed by atoms with Crippen LogP contribution in [0.3, 0.4) is 0 Å². The third-order valence-electron chi connectivity index (χ3n) is 4.55. The van der Waals surface area contributed by atoms with Crippen LogP contribution in [0.1, 0.15) is 15.9 Å². The molecule has 0 aliphatic carbocycles. The highest BCUT2D eigenvalue weighted by Gasteiger charge is 2.23.